The lowest BCUT2D eigenvalue weighted by molar-refractivity contribution is -0.135. The van der Waals surface area contributed by atoms with Gasteiger partial charge in [0, 0.05) is 23.8 Å². The Morgan fingerprint density at radius 3 is 2.87 bits per heavy atom. The average Bonchev–Trinajstić information content (AvgIpc) is 2.17. The van der Waals surface area contributed by atoms with E-state index in [-0.39, 0.29) is 6.54 Å². The van der Waals surface area contributed by atoms with Crippen molar-refractivity contribution in [2.75, 3.05) is 25.0 Å². The summed E-state index contributed by atoms with van der Waals surface area (Å²) in [6.45, 7) is 1.24. The minimum Gasteiger partial charge on any atom is -0.480 e. The molecule has 15 heavy (non-hydrogen) atoms. The molecular formula is C10H13ClN2O2. The number of nitrogens with one attached hydrogen (secondary N) is 2. The number of carboxylic acid groups (broad SMARTS) is 1. The van der Waals surface area contributed by atoms with Crippen molar-refractivity contribution >= 4 is 23.3 Å². The van der Waals surface area contributed by atoms with Crippen LogP contribution in [0, 0.1) is 0 Å². The fourth-order valence-electron chi connectivity index (χ4n) is 1.09. The molecule has 0 bridgehead atoms. The Balaban J connectivity index is 2.17. The lowest BCUT2D eigenvalue weighted by Crippen LogP contribution is -2.27. The molecule has 0 amide bonds. The van der Waals surface area contributed by atoms with Gasteiger partial charge >= 0.3 is 5.97 Å². The van der Waals surface area contributed by atoms with Gasteiger partial charge in [0.05, 0.1) is 6.54 Å². The summed E-state index contributed by atoms with van der Waals surface area (Å²) in [5.74, 6) is -0.849. The zero-order valence-electron chi connectivity index (χ0n) is 8.16. The molecule has 0 atom stereocenters. The smallest absolute Gasteiger partial charge is 0.317 e. The number of anilines is 1. The fraction of sp³-hybridized carbons (Fsp3) is 0.300. The second-order valence-corrected chi connectivity index (χ2v) is 3.44. The Bertz CT molecular complexity index is 331. The van der Waals surface area contributed by atoms with Gasteiger partial charge in [-0.1, -0.05) is 17.7 Å². The van der Waals surface area contributed by atoms with Gasteiger partial charge in [0.15, 0.2) is 0 Å². The second-order valence-electron chi connectivity index (χ2n) is 3.01. The molecule has 0 saturated carbocycles. The average molecular weight is 229 g/mol. The first-order valence-electron chi connectivity index (χ1n) is 4.60. The maximum absolute atomic E-state index is 10.2. The molecule has 0 aromatic heterocycles. The van der Waals surface area contributed by atoms with Crippen molar-refractivity contribution in [1.82, 2.24) is 5.32 Å². The van der Waals surface area contributed by atoms with E-state index in [4.69, 9.17) is 16.7 Å². The summed E-state index contributed by atoms with van der Waals surface area (Å²) in [6.07, 6.45) is 0. The van der Waals surface area contributed by atoms with Gasteiger partial charge in [0.25, 0.3) is 0 Å². The molecule has 3 N–H and O–H groups in total. The van der Waals surface area contributed by atoms with Gasteiger partial charge in [0.1, 0.15) is 0 Å². The van der Waals surface area contributed by atoms with Crippen molar-refractivity contribution in [1.29, 1.82) is 0 Å². The zero-order chi connectivity index (χ0) is 11.1. The molecule has 0 unspecified atom stereocenters. The summed E-state index contributed by atoms with van der Waals surface area (Å²) in [6, 6.07) is 7.38. The lowest BCUT2D eigenvalue weighted by Gasteiger charge is -2.06. The zero-order valence-corrected chi connectivity index (χ0v) is 8.92. The van der Waals surface area contributed by atoms with Gasteiger partial charge in [-0.15, -0.1) is 0 Å². The topological polar surface area (TPSA) is 61.4 Å². The molecule has 5 heteroatoms. The molecule has 82 valence electrons. The third-order valence-electron chi connectivity index (χ3n) is 1.73. The molecule has 0 aliphatic rings. The van der Waals surface area contributed by atoms with Crippen LogP contribution in [-0.4, -0.2) is 30.7 Å². The standard InChI is InChI=1S/C10H13ClN2O2/c11-8-2-1-3-9(6-8)13-5-4-12-7-10(14)15/h1-3,6,12-13H,4-5,7H2,(H,14,15). The van der Waals surface area contributed by atoms with Crippen LogP contribution in [0.1, 0.15) is 0 Å². The van der Waals surface area contributed by atoms with E-state index in [0.717, 1.165) is 5.69 Å². The van der Waals surface area contributed by atoms with Gasteiger partial charge in [-0.25, -0.2) is 0 Å². The molecular weight excluding hydrogens is 216 g/mol. The lowest BCUT2D eigenvalue weighted by atomic mass is 10.3. The van der Waals surface area contributed by atoms with E-state index in [1.165, 1.54) is 0 Å². The Hall–Kier alpha value is -1.26. The fourth-order valence-corrected chi connectivity index (χ4v) is 1.28. The Morgan fingerprint density at radius 1 is 1.40 bits per heavy atom. The minimum atomic E-state index is -0.849. The third-order valence-corrected chi connectivity index (χ3v) is 1.97. The first-order valence-corrected chi connectivity index (χ1v) is 4.98. The molecule has 0 aliphatic heterocycles. The molecule has 0 aliphatic carbocycles. The Kier molecular flexibility index (Phi) is 4.93. The predicted octanol–water partition coefficient (Wildman–Crippen LogP) is 1.43. The molecule has 0 saturated heterocycles. The third kappa shape index (κ3) is 5.24. The summed E-state index contributed by atoms with van der Waals surface area (Å²) < 4.78 is 0. The normalized spacial score (nSPS) is 9.93. The molecule has 0 spiro atoms. The van der Waals surface area contributed by atoms with Gasteiger partial charge in [-0.2, -0.15) is 0 Å². The van der Waals surface area contributed by atoms with Crippen molar-refractivity contribution in [3.8, 4) is 0 Å². The van der Waals surface area contributed by atoms with Crippen LogP contribution in [0.3, 0.4) is 0 Å². The summed E-state index contributed by atoms with van der Waals surface area (Å²) in [7, 11) is 0. The highest BCUT2D eigenvalue weighted by molar-refractivity contribution is 6.30. The van der Waals surface area contributed by atoms with E-state index >= 15 is 0 Å². The highest BCUT2D eigenvalue weighted by atomic mass is 35.5. The molecule has 0 heterocycles. The predicted molar refractivity (Wildman–Crippen MR) is 60.4 cm³/mol. The van der Waals surface area contributed by atoms with E-state index in [0.29, 0.717) is 18.1 Å². The summed E-state index contributed by atoms with van der Waals surface area (Å²) in [5, 5.41) is 14.9. The van der Waals surface area contributed by atoms with Gasteiger partial charge in [0.2, 0.25) is 0 Å². The number of benzene rings is 1. The van der Waals surface area contributed by atoms with Crippen molar-refractivity contribution in [2.45, 2.75) is 0 Å². The molecule has 4 nitrogen and oxygen atoms in total. The molecule has 1 rings (SSSR count). The van der Waals surface area contributed by atoms with Crippen LogP contribution < -0.4 is 10.6 Å². The van der Waals surface area contributed by atoms with Gasteiger partial charge in [-0.05, 0) is 18.2 Å². The quantitative estimate of drug-likeness (QED) is 0.645. The first kappa shape index (κ1) is 11.8. The van der Waals surface area contributed by atoms with Crippen LogP contribution in [0.4, 0.5) is 5.69 Å². The number of hydrogen-bond acceptors (Lipinski definition) is 3. The van der Waals surface area contributed by atoms with Crippen LogP contribution in [0.15, 0.2) is 24.3 Å². The van der Waals surface area contributed by atoms with Crippen molar-refractivity contribution in [2.24, 2.45) is 0 Å². The van der Waals surface area contributed by atoms with Crippen LogP contribution in [0.5, 0.6) is 0 Å². The molecule has 1 aromatic carbocycles. The van der Waals surface area contributed by atoms with Crippen LogP contribution in [-0.2, 0) is 4.79 Å². The van der Waals surface area contributed by atoms with Crippen molar-refractivity contribution in [3.05, 3.63) is 29.3 Å². The number of aliphatic carboxylic acids is 1. The second kappa shape index (κ2) is 6.27. The maximum atomic E-state index is 10.2. The molecule has 0 radical (unpaired) electrons. The molecule has 0 fully saturated rings. The first-order chi connectivity index (χ1) is 7.18. The minimum absolute atomic E-state index is 0.0166. The van der Waals surface area contributed by atoms with E-state index < -0.39 is 5.97 Å². The Morgan fingerprint density at radius 2 is 2.20 bits per heavy atom. The summed E-state index contributed by atoms with van der Waals surface area (Å²) in [5.41, 5.74) is 0.930. The number of carbonyl (C=O) groups is 1. The number of carboxylic acids is 1. The maximum Gasteiger partial charge on any atom is 0.317 e. The van der Waals surface area contributed by atoms with Gasteiger partial charge < -0.3 is 15.7 Å². The summed E-state index contributed by atoms with van der Waals surface area (Å²) >= 11 is 5.79. The van der Waals surface area contributed by atoms with Crippen molar-refractivity contribution < 1.29 is 9.90 Å². The van der Waals surface area contributed by atoms with E-state index in [1.54, 1.807) is 6.07 Å². The van der Waals surface area contributed by atoms with Crippen molar-refractivity contribution in [3.63, 3.8) is 0 Å². The monoisotopic (exact) mass is 228 g/mol. The number of halogens is 1. The summed E-state index contributed by atoms with van der Waals surface area (Å²) in [4.78, 5) is 10.2. The van der Waals surface area contributed by atoms with Crippen LogP contribution in [0.25, 0.3) is 0 Å². The van der Waals surface area contributed by atoms with E-state index in [1.807, 2.05) is 18.2 Å². The largest absolute Gasteiger partial charge is 0.480 e. The van der Waals surface area contributed by atoms with Crippen LogP contribution >= 0.6 is 11.6 Å². The van der Waals surface area contributed by atoms with Gasteiger partial charge in [-0.3, -0.25) is 4.79 Å². The highest BCUT2D eigenvalue weighted by Crippen LogP contribution is 2.14. The SMILES string of the molecule is O=C(O)CNCCNc1cccc(Cl)c1. The van der Waals surface area contributed by atoms with E-state index in [9.17, 15) is 4.79 Å². The number of rotatable bonds is 6. The van der Waals surface area contributed by atoms with E-state index in [2.05, 4.69) is 10.6 Å². The highest BCUT2D eigenvalue weighted by Gasteiger charge is 1.95. The molecule has 1 aromatic rings. The Labute approximate surface area is 93.2 Å². The van der Waals surface area contributed by atoms with Crippen LogP contribution in [0.2, 0.25) is 5.02 Å². The number of hydrogen-bond donors (Lipinski definition) is 3.